The first-order chi connectivity index (χ1) is 11.6. The molecule has 0 spiro atoms. The summed E-state index contributed by atoms with van der Waals surface area (Å²) >= 11 is 0. The zero-order valence-corrected chi connectivity index (χ0v) is 13.2. The Bertz CT molecular complexity index is 865. The Morgan fingerprint density at radius 3 is 1.96 bits per heavy atom. The van der Waals surface area contributed by atoms with Gasteiger partial charge in [0.15, 0.2) is 5.78 Å². The van der Waals surface area contributed by atoms with Crippen LogP contribution < -0.4 is 4.74 Å². The number of carbonyl (C=O) groups excluding carboxylic acids is 2. The van der Waals surface area contributed by atoms with E-state index < -0.39 is 5.97 Å². The van der Waals surface area contributed by atoms with Crippen LogP contribution in [0.1, 0.15) is 27.6 Å². The van der Waals surface area contributed by atoms with Crippen molar-refractivity contribution in [3.05, 3.63) is 90.0 Å². The van der Waals surface area contributed by atoms with Crippen LogP contribution in [-0.4, -0.2) is 11.8 Å². The molecule has 0 aliphatic carbocycles. The summed E-state index contributed by atoms with van der Waals surface area (Å²) in [5, 5.41) is 0. The van der Waals surface area contributed by atoms with E-state index in [0.717, 1.165) is 11.1 Å². The van der Waals surface area contributed by atoms with Gasteiger partial charge in [0.25, 0.3) is 0 Å². The number of esters is 1. The maximum atomic E-state index is 12.3. The van der Waals surface area contributed by atoms with Crippen LogP contribution in [0.4, 0.5) is 0 Å². The van der Waals surface area contributed by atoms with Gasteiger partial charge in [-0.05, 0) is 42.3 Å². The molecule has 3 nitrogen and oxygen atoms in total. The quantitative estimate of drug-likeness (QED) is 0.395. The van der Waals surface area contributed by atoms with Crippen LogP contribution in [-0.2, 0) is 0 Å². The molecule has 118 valence electrons. The van der Waals surface area contributed by atoms with Gasteiger partial charge in [0.1, 0.15) is 5.75 Å². The smallest absolute Gasteiger partial charge is 0.343 e. The molecular weight excluding hydrogens is 300 g/mol. The van der Waals surface area contributed by atoms with Crippen LogP contribution in [0.15, 0.2) is 78.9 Å². The zero-order valence-electron chi connectivity index (χ0n) is 13.2. The largest absolute Gasteiger partial charge is 0.422 e. The Morgan fingerprint density at radius 1 is 0.708 bits per heavy atom. The predicted molar refractivity (Wildman–Crippen MR) is 93.3 cm³/mol. The Kier molecular flexibility index (Phi) is 4.52. The number of ketones is 1. The summed E-state index contributed by atoms with van der Waals surface area (Å²) in [7, 11) is 0. The third-order valence-corrected chi connectivity index (χ3v) is 3.70. The van der Waals surface area contributed by atoms with Gasteiger partial charge < -0.3 is 4.74 Å². The fourth-order valence-electron chi connectivity index (χ4n) is 2.43. The maximum Gasteiger partial charge on any atom is 0.343 e. The Labute approximate surface area is 140 Å². The number of hydrogen-bond donors (Lipinski definition) is 0. The fraction of sp³-hybridized carbons (Fsp3) is 0.0476. The Morgan fingerprint density at radius 2 is 1.29 bits per heavy atom. The number of carbonyl (C=O) groups is 2. The molecule has 0 aliphatic rings. The molecule has 0 fully saturated rings. The first-order valence-corrected chi connectivity index (χ1v) is 7.63. The van der Waals surface area contributed by atoms with Gasteiger partial charge in [-0.1, -0.05) is 54.6 Å². The summed E-state index contributed by atoms with van der Waals surface area (Å²) < 4.78 is 5.38. The van der Waals surface area contributed by atoms with Gasteiger partial charge in [0.05, 0.1) is 11.1 Å². The van der Waals surface area contributed by atoms with E-state index in [1.54, 1.807) is 36.4 Å². The monoisotopic (exact) mass is 316 g/mol. The van der Waals surface area contributed by atoms with E-state index in [0.29, 0.717) is 11.1 Å². The fourth-order valence-corrected chi connectivity index (χ4v) is 2.43. The third kappa shape index (κ3) is 3.41. The molecule has 0 atom stereocenters. The molecule has 0 radical (unpaired) electrons. The minimum absolute atomic E-state index is 0.141. The summed E-state index contributed by atoms with van der Waals surface area (Å²) in [6.07, 6.45) is 0. The van der Waals surface area contributed by atoms with Crippen LogP contribution in [0.5, 0.6) is 5.75 Å². The van der Waals surface area contributed by atoms with Crippen molar-refractivity contribution < 1.29 is 14.3 Å². The second-order valence-electron chi connectivity index (χ2n) is 5.39. The van der Waals surface area contributed by atoms with E-state index in [-0.39, 0.29) is 11.5 Å². The number of rotatable bonds is 4. The topological polar surface area (TPSA) is 43.4 Å². The van der Waals surface area contributed by atoms with E-state index >= 15 is 0 Å². The average molecular weight is 316 g/mol. The average Bonchev–Trinajstić information content (AvgIpc) is 2.63. The molecule has 0 aliphatic heterocycles. The highest BCUT2D eigenvalue weighted by atomic mass is 16.5. The van der Waals surface area contributed by atoms with Crippen molar-refractivity contribution in [3.8, 4) is 16.9 Å². The van der Waals surface area contributed by atoms with Crippen LogP contribution >= 0.6 is 0 Å². The van der Waals surface area contributed by atoms with Crippen molar-refractivity contribution in [1.29, 1.82) is 0 Å². The van der Waals surface area contributed by atoms with Gasteiger partial charge in [-0.25, -0.2) is 4.79 Å². The van der Waals surface area contributed by atoms with Crippen LogP contribution in [0.25, 0.3) is 11.1 Å². The highest BCUT2D eigenvalue weighted by molar-refractivity contribution is 5.99. The second kappa shape index (κ2) is 6.92. The summed E-state index contributed by atoms with van der Waals surface area (Å²) in [6.45, 7) is 1.45. The number of para-hydroxylation sites is 1. The molecule has 24 heavy (non-hydrogen) atoms. The minimum atomic E-state index is -0.483. The number of Topliss-reactive ketones (excluding diaryl/α,β-unsaturated/α-hetero) is 1. The molecule has 0 aromatic heterocycles. The molecule has 0 heterocycles. The molecule has 0 saturated carbocycles. The van der Waals surface area contributed by atoms with E-state index in [9.17, 15) is 9.59 Å². The van der Waals surface area contributed by atoms with Crippen molar-refractivity contribution in [3.63, 3.8) is 0 Å². The zero-order chi connectivity index (χ0) is 16.9. The summed E-state index contributed by atoms with van der Waals surface area (Å²) in [5.41, 5.74) is 2.94. The molecule has 3 rings (SSSR count). The van der Waals surface area contributed by atoms with E-state index in [4.69, 9.17) is 4.74 Å². The van der Waals surface area contributed by atoms with Crippen LogP contribution in [0.2, 0.25) is 0 Å². The second-order valence-corrected chi connectivity index (χ2v) is 5.39. The number of ether oxygens (including phenoxy) is 1. The van der Waals surface area contributed by atoms with Gasteiger partial charge in [-0.2, -0.15) is 0 Å². The van der Waals surface area contributed by atoms with Gasteiger partial charge in [0, 0.05) is 0 Å². The first kappa shape index (κ1) is 15.7. The normalized spacial score (nSPS) is 10.2. The molecule has 0 bridgehead atoms. The third-order valence-electron chi connectivity index (χ3n) is 3.70. The predicted octanol–water partition coefficient (Wildman–Crippen LogP) is 4.78. The van der Waals surface area contributed by atoms with Crippen molar-refractivity contribution in [1.82, 2.24) is 0 Å². The van der Waals surface area contributed by atoms with E-state index in [2.05, 4.69) is 0 Å². The van der Waals surface area contributed by atoms with Crippen molar-refractivity contribution in [2.24, 2.45) is 0 Å². The lowest BCUT2D eigenvalue weighted by Crippen LogP contribution is -2.10. The van der Waals surface area contributed by atoms with Gasteiger partial charge >= 0.3 is 5.97 Å². The van der Waals surface area contributed by atoms with Crippen molar-refractivity contribution in [2.45, 2.75) is 6.92 Å². The molecule has 0 amide bonds. The molecular formula is C21H16O3. The Hall–Kier alpha value is -3.20. The molecule has 0 saturated heterocycles. The maximum absolute atomic E-state index is 12.3. The highest BCUT2D eigenvalue weighted by Crippen LogP contribution is 2.22. The Balaban J connectivity index is 1.80. The van der Waals surface area contributed by atoms with Gasteiger partial charge in [-0.15, -0.1) is 0 Å². The van der Waals surface area contributed by atoms with Gasteiger partial charge in [-0.3, -0.25) is 4.79 Å². The lowest BCUT2D eigenvalue weighted by molar-refractivity contribution is 0.0733. The van der Waals surface area contributed by atoms with Crippen LogP contribution in [0.3, 0.4) is 0 Å². The van der Waals surface area contributed by atoms with Crippen molar-refractivity contribution >= 4 is 11.8 Å². The van der Waals surface area contributed by atoms with E-state index in [1.807, 2.05) is 42.5 Å². The summed E-state index contributed by atoms with van der Waals surface area (Å²) in [6, 6.07) is 23.8. The lowest BCUT2D eigenvalue weighted by atomic mass is 10.0. The molecule has 0 N–H and O–H groups in total. The lowest BCUT2D eigenvalue weighted by Gasteiger charge is -2.08. The summed E-state index contributed by atoms with van der Waals surface area (Å²) in [5.74, 6) is -0.344. The van der Waals surface area contributed by atoms with Crippen molar-refractivity contribution in [2.75, 3.05) is 0 Å². The number of hydrogen-bond acceptors (Lipinski definition) is 3. The van der Waals surface area contributed by atoms with Gasteiger partial charge in [0.2, 0.25) is 0 Å². The summed E-state index contributed by atoms with van der Waals surface area (Å²) in [4.78, 5) is 23.9. The highest BCUT2D eigenvalue weighted by Gasteiger charge is 2.13. The first-order valence-electron chi connectivity index (χ1n) is 7.63. The van der Waals surface area contributed by atoms with E-state index in [1.165, 1.54) is 6.92 Å². The minimum Gasteiger partial charge on any atom is -0.422 e. The SMILES string of the molecule is CC(=O)c1ccccc1OC(=O)c1ccc(-c2ccccc2)cc1. The molecule has 3 aromatic rings. The molecule has 3 heteroatoms. The standard InChI is InChI=1S/C21H16O3/c1-15(22)19-9-5-6-10-20(19)24-21(23)18-13-11-17(12-14-18)16-7-3-2-4-8-16/h2-14H,1H3. The number of benzene rings is 3. The molecule has 0 unspecified atom stereocenters. The van der Waals surface area contributed by atoms with Crippen LogP contribution in [0, 0.1) is 0 Å². The molecule has 3 aromatic carbocycles.